The summed E-state index contributed by atoms with van der Waals surface area (Å²) in [5.74, 6) is -0.400. The summed E-state index contributed by atoms with van der Waals surface area (Å²) in [6.07, 6.45) is -4.46. The maximum absolute atomic E-state index is 12.4. The Labute approximate surface area is 88.9 Å². The Bertz CT molecular complexity index is 353. The van der Waals surface area contributed by atoms with E-state index in [0.29, 0.717) is 12.6 Å². The lowest BCUT2D eigenvalue weighted by molar-refractivity contribution is -0.139. The fourth-order valence-electron chi connectivity index (χ4n) is 0.859. The number of phenols is 1. The smallest absolute Gasteiger partial charge is 0.417 e. The van der Waals surface area contributed by atoms with Crippen molar-refractivity contribution < 1.29 is 18.3 Å². The molecule has 0 spiro atoms. The SMILES string of the molecule is Oc1ccc(SP=S)c(C(F)(F)F)c1. The van der Waals surface area contributed by atoms with Crippen LogP contribution in [0.4, 0.5) is 13.2 Å². The highest BCUT2D eigenvalue weighted by Gasteiger charge is 2.33. The number of rotatable bonds is 2. The van der Waals surface area contributed by atoms with Gasteiger partial charge < -0.3 is 5.11 Å². The minimum Gasteiger partial charge on any atom is -0.508 e. The molecule has 0 bridgehead atoms. The second-order valence-electron chi connectivity index (χ2n) is 2.34. The van der Waals surface area contributed by atoms with Gasteiger partial charge in [-0.1, -0.05) is 11.4 Å². The first-order valence-corrected chi connectivity index (χ1v) is 6.68. The van der Waals surface area contributed by atoms with Crippen LogP contribution in [0, 0.1) is 0 Å². The average molecular weight is 256 g/mol. The Kier molecular flexibility index (Phi) is 3.75. The highest BCUT2D eigenvalue weighted by Crippen LogP contribution is 2.41. The van der Waals surface area contributed by atoms with Crippen molar-refractivity contribution >= 4 is 29.7 Å². The first-order valence-electron chi connectivity index (χ1n) is 3.35. The van der Waals surface area contributed by atoms with Gasteiger partial charge in [0.25, 0.3) is 0 Å². The average Bonchev–Trinajstić information content (AvgIpc) is 2.07. The molecule has 0 aliphatic rings. The predicted molar refractivity (Wildman–Crippen MR) is 53.3 cm³/mol. The molecule has 1 N–H and O–H groups in total. The van der Waals surface area contributed by atoms with Crippen LogP contribution in [0.3, 0.4) is 0 Å². The van der Waals surface area contributed by atoms with E-state index >= 15 is 0 Å². The number of benzene rings is 1. The first kappa shape index (κ1) is 11.8. The third-order valence-corrected chi connectivity index (χ3v) is 3.52. The molecule has 0 radical (unpaired) electrons. The molecule has 0 saturated heterocycles. The van der Waals surface area contributed by atoms with Crippen LogP contribution >= 0.6 is 17.9 Å². The molecule has 0 aromatic heterocycles. The van der Waals surface area contributed by atoms with Crippen LogP contribution in [0.2, 0.25) is 0 Å². The summed E-state index contributed by atoms with van der Waals surface area (Å²) in [5.41, 5.74) is -0.847. The van der Waals surface area contributed by atoms with E-state index in [1.165, 1.54) is 12.1 Å². The van der Waals surface area contributed by atoms with Crippen molar-refractivity contribution in [2.45, 2.75) is 11.1 Å². The van der Waals surface area contributed by atoms with Crippen LogP contribution in [-0.4, -0.2) is 5.11 Å². The van der Waals surface area contributed by atoms with E-state index in [-0.39, 0.29) is 4.90 Å². The van der Waals surface area contributed by atoms with Gasteiger partial charge in [-0.05, 0) is 30.0 Å². The summed E-state index contributed by atoms with van der Waals surface area (Å²) < 4.78 is 37.2. The van der Waals surface area contributed by atoms with Crippen LogP contribution in [0.1, 0.15) is 5.56 Å². The third-order valence-electron chi connectivity index (χ3n) is 1.40. The Morgan fingerprint density at radius 2 is 2.00 bits per heavy atom. The lowest BCUT2D eigenvalue weighted by Crippen LogP contribution is -2.06. The zero-order chi connectivity index (χ0) is 10.8. The normalized spacial score (nSPS) is 11.9. The van der Waals surface area contributed by atoms with Gasteiger partial charge in [-0.3, -0.25) is 0 Å². The molecular formula is C7H4F3OPS2. The van der Waals surface area contributed by atoms with Gasteiger partial charge in [-0.15, -0.1) is 0 Å². The van der Waals surface area contributed by atoms with Crippen LogP contribution in [0.5, 0.6) is 5.75 Å². The zero-order valence-electron chi connectivity index (χ0n) is 6.58. The molecule has 1 aromatic carbocycles. The molecule has 7 heteroatoms. The molecule has 0 heterocycles. The van der Waals surface area contributed by atoms with E-state index in [9.17, 15) is 13.2 Å². The molecule has 1 rings (SSSR count). The first-order chi connectivity index (χ1) is 6.45. The Balaban J connectivity index is 3.22. The molecule has 0 fully saturated rings. The molecule has 1 aromatic rings. The van der Waals surface area contributed by atoms with Crippen molar-refractivity contribution in [3.05, 3.63) is 23.8 Å². The lowest BCUT2D eigenvalue weighted by atomic mass is 10.2. The monoisotopic (exact) mass is 256 g/mol. The molecule has 14 heavy (non-hydrogen) atoms. The highest BCUT2D eigenvalue weighted by molar-refractivity contribution is 8.58. The minimum absolute atomic E-state index is 0.0342. The molecule has 0 saturated carbocycles. The summed E-state index contributed by atoms with van der Waals surface area (Å²) in [6.45, 7) is 0.368. The number of aromatic hydroxyl groups is 1. The van der Waals surface area contributed by atoms with Gasteiger partial charge in [0.1, 0.15) is 5.75 Å². The number of alkyl halides is 3. The van der Waals surface area contributed by atoms with Gasteiger partial charge in [0, 0.05) is 11.5 Å². The molecule has 0 unspecified atom stereocenters. The van der Waals surface area contributed by atoms with Crippen molar-refractivity contribution in [1.29, 1.82) is 0 Å². The number of hydrogen-bond acceptors (Lipinski definition) is 3. The van der Waals surface area contributed by atoms with Crippen molar-refractivity contribution in [3.63, 3.8) is 0 Å². The predicted octanol–water partition coefficient (Wildman–Crippen LogP) is 3.83. The van der Waals surface area contributed by atoms with E-state index in [4.69, 9.17) is 5.11 Å². The van der Waals surface area contributed by atoms with E-state index in [2.05, 4.69) is 11.8 Å². The zero-order valence-corrected chi connectivity index (χ0v) is 9.10. The highest BCUT2D eigenvalue weighted by atomic mass is 32.9. The van der Waals surface area contributed by atoms with Gasteiger partial charge in [0.15, 0.2) is 0 Å². The van der Waals surface area contributed by atoms with Crippen LogP contribution in [-0.2, 0) is 18.0 Å². The fraction of sp³-hybridized carbons (Fsp3) is 0.143. The van der Waals surface area contributed by atoms with Crippen LogP contribution < -0.4 is 0 Å². The van der Waals surface area contributed by atoms with Gasteiger partial charge in [-0.25, -0.2) is 0 Å². The summed E-state index contributed by atoms with van der Waals surface area (Å²) >= 11 is 5.45. The molecular weight excluding hydrogens is 252 g/mol. The van der Waals surface area contributed by atoms with Gasteiger partial charge >= 0.3 is 6.18 Å². The number of phenolic OH excluding ortho intramolecular Hbond substituents is 1. The molecule has 0 aliphatic heterocycles. The Morgan fingerprint density at radius 3 is 2.50 bits per heavy atom. The number of halogens is 3. The fourth-order valence-corrected chi connectivity index (χ4v) is 2.78. The largest absolute Gasteiger partial charge is 0.508 e. The summed E-state index contributed by atoms with van der Waals surface area (Å²) in [4.78, 5) is 0.0342. The second kappa shape index (κ2) is 4.47. The minimum atomic E-state index is -4.46. The molecule has 0 amide bonds. The number of hydrogen-bond donors (Lipinski definition) is 1. The molecule has 76 valence electrons. The molecule has 1 nitrogen and oxygen atoms in total. The van der Waals surface area contributed by atoms with Crippen LogP contribution in [0.25, 0.3) is 0 Å². The third kappa shape index (κ3) is 2.83. The van der Waals surface area contributed by atoms with Crippen molar-refractivity contribution in [1.82, 2.24) is 0 Å². The lowest BCUT2D eigenvalue weighted by Gasteiger charge is -2.10. The molecule has 0 atom stereocenters. The van der Waals surface area contributed by atoms with Gasteiger partial charge in [0.2, 0.25) is 0 Å². The van der Waals surface area contributed by atoms with E-state index in [1.807, 2.05) is 0 Å². The van der Waals surface area contributed by atoms with Crippen molar-refractivity contribution in [2.24, 2.45) is 0 Å². The summed E-state index contributed by atoms with van der Waals surface area (Å²) in [6, 6.07) is 3.11. The summed E-state index contributed by atoms with van der Waals surface area (Å²) in [7, 11) is 0. The van der Waals surface area contributed by atoms with Crippen molar-refractivity contribution in [3.8, 4) is 5.75 Å². The van der Waals surface area contributed by atoms with Gasteiger partial charge in [-0.2, -0.15) is 13.2 Å². The Morgan fingerprint density at radius 1 is 1.36 bits per heavy atom. The quantitative estimate of drug-likeness (QED) is 0.812. The van der Waals surface area contributed by atoms with E-state index in [1.54, 1.807) is 0 Å². The van der Waals surface area contributed by atoms with Crippen LogP contribution in [0.15, 0.2) is 23.1 Å². The molecule has 0 aliphatic carbocycles. The maximum atomic E-state index is 12.4. The topological polar surface area (TPSA) is 20.2 Å². The van der Waals surface area contributed by atoms with Gasteiger partial charge in [0.05, 0.1) is 5.56 Å². The Hall–Kier alpha value is -0.320. The van der Waals surface area contributed by atoms with E-state index in [0.717, 1.165) is 11.4 Å². The van der Waals surface area contributed by atoms with Crippen molar-refractivity contribution in [2.75, 3.05) is 0 Å². The standard InChI is InChI=1S/C7H4F3OPS2/c8-7(9,10)5-3-4(11)1-2-6(5)14-12-13/h1-3,11H. The second-order valence-corrected chi connectivity index (χ2v) is 5.45. The maximum Gasteiger partial charge on any atom is 0.417 e. The summed E-state index contributed by atoms with van der Waals surface area (Å²) in [5, 5.41) is 8.93. The van der Waals surface area contributed by atoms with E-state index < -0.39 is 17.5 Å².